The molecule has 2 N–H and O–H groups in total. The molecule has 0 radical (unpaired) electrons. The summed E-state index contributed by atoms with van der Waals surface area (Å²) in [5, 5.41) is 0. The number of carbonyl (C=O) groups excluding carboxylic acids is 1. The Labute approximate surface area is 99.4 Å². The van der Waals surface area contributed by atoms with E-state index in [-0.39, 0.29) is 0 Å². The fraction of sp³-hybridized carbons (Fsp3) is 0.385. The molecule has 0 spiro atoms. The molecule has 1 aliphatic rings. The number of hydrogen-bond donors (Lipinski definition) is 1. The highest BCUT2D eigenvalue weighted by molar-refractivity contribution is 5.96. The van der Waals surface area contributed by atoms with Crippen LogP contribution in [0.3, 0.4) is 0 Å². The molecule has 4 heteroatoms. The Morgan fingerprint density at radius 2 is 2.29 bits per heavy atom. The molecule has 1 saturated carbocycles. The second-order valence-corrected chi connectivity index (χ2v) is 5.25. The maximum absolute atomic E-state index is 11.2. The third kappa shape index (κ3) is 1.79. The lowest BCUT2D eigenvalue weighted by Crippen LogP contribution is -2.11. The predicted octanol–water partition coefficient (Wildman–Crippen LogP) is 1.94. The number of nitrogens with zero attached hydrogens (tertiary/aromatic N) is 2. The van der Waals surface area contributed by atoms with Crippen molar-refractivity contribution >= 4 is 16.9 Å². The molecular weight excluding hydrogens is 214 g/mol. The number of primary amides is 1. The van der Waals surface area contributed by atoms with Gasteiger partial charge in [0, 0.05) is 12.1 Å². The average molecular weight is 229 g/mol. The number of rotatable bonds is 3. The summed E-state index contributed by atoms with van der Waals surface area (Å²) >= 11 is 0. The summed E-state index contributed by atoms with van der Waals surface area (Å²) in [4.78, 5) is 15.5. The molecule has 0 saturated heterocycles. The largest absolute Gasteiger partial charge is 0.366 e. The summed E-state index contributed by atoms with van der Waals surface area (Å²) in [5.74, 6) is -0.391. The first kappa shape index (κ1) is 10.3. The Morgan fingerprint density at radius 3 is 2.94 bits per heavy atom. The molecule has 1 aromatic heterocycles. The Bertz CT molecular complexity index is 596. The zero-order chi connectivity index (χ0) is 12.0. The molecule has 88 valence electrons. The minimum atomic E-state index is -0.391. The van der Waals surface area contributed by atoms with Crippen molar-refractivity contribution in [3.63, 3.8) is 0 Å². The lowest BCUT2D eigenvalue weighted by molar-refractivity contribution is 0.100. The van der Waals surface area contributed by atoms with Gasteiger partial charge in [-0.2, -0.15) is 0 Å². The van der Waals surface area contributed by atoms with Crippen LogP contribution < -0.4 is 5.73 Å². The summed E-state index contributed by atoms with van der Waals surface area (Å²) in [6.45, 7) is 3.24. The van der Waals surface area contributed by atoms with Crippen molar-refractivity contribution in [3.05, 3.63) is 30.1 Å². The molecule has 3 rings (SSSR count). The maximum atomic E-state index is 11.2. The van der Waals surface area contributed by atoms with Gasteiger partial charge in [-0.1, -0.05) is 6.92 Å². The quantitative estimate of drug-likeness (QED) is 0.874. The fourth-order valence-corrected chi connectivity index (χ4v) is 2.12. The van der Waals surface area contributed by atoms with Crippen molar-refractivity contribution in [3.8, 4) is 0 Å². The van der Waals surface area contributed by atoms with E-state index in [1.807, 2.05) is 18.5 Å². The summed E-state index contributed by atoms with van der Waals surface area (Å²) in [6.07, 6.45) is 4.38. The molecule has 1 aromatic carbocycles. The van der Waals surface area contributed by atoms with E-state index < -0.39 is 5.91 Å². The van der Waals surface area contributed by atoms with Gasteiger partial charge in [0.1, 0.15) is 0 Å². The number of hydrogen-bond acceptors (Lipinski definition) is 2. The molecule has 1 heterocycles. The van der Waals surface area contributed by atoms with E-state index in [2.05, 4.69) is 16.5 Å². The molecule has 1 fully saturated rings. The van der Waals surface area contributed by atoms with Crippen LogP contribution in [-0.4, -0.2) is 15.5 Å². The molecular formula is C13H15N3O. The molecule has 4 nitrogen and oxygen atoms in total. The van der Waals surface area contributed by atoms with Crippen LogP contribution in [0.2, 0.25) is 0 Å². The van der Waals surface area contributed by atoms with E-state index in [1.54, 1.807) is 6.07 Å². The van der Waals surface area contributed by atoms with Crippen LogP contribution in [0.5, 0.6) is 0 Å². The fourth-order valence-electron chi connectivity index (χ4n) is 2.12. The first-order chi connectivity index (χ1) is 8.07. The van der Waals surface area contributed by atoms with Gasteiger partial charge in [-0.05, 0) is 36.5 Å². The number of aromatic nitrogens is 2. The third-order valence-electron chi connectivity index (χ3n) is 3.56. The SMILES string of the molecule is CC1(Cn2cnc3ccc(C(N)=O)cc32)CC1. The molecule has 17 heavy (non-hydrogen) atoms. The number of carbonyl (C=O) groups is 1. The first-order valence-corrected chi connectivity index (χ1v) is 5.82. The Morgan fingerprint density at radius 1 is 1.53 bits per heavy atom. The minimum Gasteiger partial charge on any atom is -0.366 e. The van der Waals surface area contributed by atoms with Crippen molar-refractivity contribution in [2.45, 2.75) is 26.3 Å². The number of fused-ring (bicyclic) bond motifs is 1. The van der Waals surface area contributed by atoms with Crippen LogP contribution >= 0.6 is 0 Å². The van der Waals surface area contributed by atoms with Crippen molar-refractivity contribution in [2.24, 2.45) is 11.1 Å². The molecule has 1 aliphatic carbocycles. The molecule has 0 bridgehead atoms. The van der Waals surface area contributed by atoms with Gasteiger partial charge in [-0.15, -0.1) is 0 Å². The van der Waals surface area contributed by atoms with E-state index in [1.165, 1.54) is 12.8 Å². The number of nitrogens with two attached hydrogens (primary N) is 1. The van der Waals surface area contributed by atoms with Crippen LogP contribution in [0.4, 0.5) is 0 Å². The van der Waals surface area contributed by atoms with Gasteiger partial charge < -0.3 is 10.3 Å². The molecule has 0 unspecified atom stereocenters. The summed E-state index contributed by atoms with van der Waals surface area (Å²) in [6, 6.07) is 5.40. The zero-order valence-electron chi connectivity index (χ0n) is 9.81. The number of imidazole rings is 1. The van der Waals surface area contributed by atoms with Crippen LogP contribution in [-0.2, 0) is 6.54 Å². The topological polar surface area (TPSA) is 60.9 Å². The van der Waals surface area contributed by atoms with Crippen LogP contribution in [0.1, 0.15) is 30.1 Å². The second kappa shape index (κ2) is 3.32. The van der Waals surface area contributed by atoms with E-state index in [0.29, 0.717) is 11.0 Å². The highest BCUT2D eigenvalue weighted by Gasteiger charge is 2.37. The van der Waals surface area contributed by atoms with Gasteiger partial charge in [0.05, 0.1) is 17.4 Å². The predicted molar refractivity (Wildman–Crippen MR) is 65.6 cm³/mol. The summed E-state index contributed by atoms with van der Waals surface area (Å²) in [7, 11) is 0. The van der Waals surface area contributed by atoms with E-state index in [4.69, 9.17) is 5.73 Å². The van der Waals surface area contributed by atoms with E-state index in [9.17, 15) is 4.79 Å². The first-order valence-electron chi connectivity index (χ1n) is 5.82. The third-order valence-corrected chi connectivity index (χ3v) is 3.56. The van der Waals surface area contributed by atoms with Gasteiger partial charge >= 0.3 is 0 Å². The Kier molecular flexibility index (Phi) is 2.02. The van der Waals surface area contributed by atoms with E-state index in [0.717, 1.165) is 17.6 Å². The number of benzene rings is 1. The molecule has 0 atom stereocenters. The highest BCUT2D eigenvalue weighted by Crippen LogP contribution is 2.46. The van der Waals surface area contributed by atoms with Crippen molar-refractivity contribution in [1.29, 1.82) is 0 Å². The minimum absolute atomic E-state index is 0.391. The normalized spacial score (nSPS) is 17.2. The van der Waals surface area contributed by atoms with Crippen molar-refractivity contribution < 1.29 is 4.79 Å². The van der Waals surface area contributed by atoms with Gasteiger partial charge in [-0.25, -0.2) is 4.98 Å². The maximum Gasteiger partial charge on any atom is 0.248 e. The van der Waals surface area contributed by atoms with Crippen LogP contribution in [0, 0.1) is 5.41 Å². The van der Waals surface area contributed by atoms with Crippen molar-refractivity contribution in [1.82, 2.24) is 9.55 Å². The zero-order valence-corrected chi connectivity index (χ0v) is 9.81. The average Bonchev–Trinajstić information content (AvgIpc) is 2.88. The lowest BCUT2D eigenvalue weighted by atomic mass is 10.1. The summed E-state index contributed by atoms with van der Waals surface area (Å²) < 4.78 is 2.12. The van der Waals surface area contributed by atoms with Crippen LogP contribution in [0.15, 0.2) is 24.5 Å². The van der Waals surface area contributed by atoms with Gasteiger partial charge in [0.15, 0.2) is 0 Å². The lowest BCUT2D eigenvalue weighted by Gasteiger charge is -2.10. The van der Waals surface area contributed by atoms with Crippen LogP contribution in [0.25, 0.3) is 11.0 Å². The smallest absolute Gasteiger partial charge is 0.248 e. The van der Waals surface area contributed by atoms with Gasteiger partial charge in [0.25, 0.3) is 0 Å². The van der Waals surface area contributed by atoms with E-state index >= 15 is 0 Å². The standard InChI is InChI=1S/C13H15N3O/c1-13(4-5-13)7-16-8-15-10-3-2-9(12(14)17)6-11(10)16/h2-3,6,8H,4-5,7H2,1H3,(H2,14,17). The monoisotopic (exact) mass is 229 g/mol. The van der Waals surface area contributed by atoms with Gasteiger partial charge in [0.2, 0.25) is 5.91 Å². The Balaban J connectivity index is 2.06. The second-order valence-electron chi connectivity index (χ2n) is 5.25. The molecule has 1 amide bonds. The van der Waals surface area contributed by atoms with Crippen molar-refractivity contribution in [2.75, 3.05) is 0 Å². The molecule has 2 aromatic rings. The van der Waals surface area contributed by atoms with Gasteiger partial charge in [-0.3, -0.25) is 4.79 Å². The number of amides is 1. The Hall–Kier alpha value is -1.84. The molecule has 0 aliphatic heterocycles. The summed E-state index contributed by atoms with van der Waals surface area (Å²) in [5.41, 5.74) is 8.16. The highest BCUT2D eigenvalue weighted by atomic mass is 16.1.